The molecular weight excluding hydrogens is 444 g/mol. The zero-order valence-corrected chi connectivity index (χ0v) is 20.9. The molecule has 0 aliphatic heterocycles. The number of carbonyl (C=O) groups is 1. The van der Waals surface area contributed by atoms with E-state index in [1.54, 1.807) is 35.5 Å². The van der Waals surface area contributed by atoms with Gasteiger partial charge in [-0.1, -0.05) is 6.92 Å². The Morgan fingerprint density at radius 2 is 1.30 bits per heavy atom. The van der Waals surface area contributed by atoms with Crippen LogP contribution in [0.2, 0.25) is 0 Å². The average Bonchev–Trinajstić information content (AvgIpc) is 3.23. The number of ether oxygens (including phenoxy) is 5. The molecule has 0 N–H and O–H groups in total. The molecular formula is C25H32O7S. The molecule has 1 saturated carbocycles. The number of rotatable bonds is 11. The van der Waals surface area contributed by atoms with Crippen LogP contribution in [0.4, 0.5) is 0 Å². The summed E-state index contributed by atoms with van der Waals surface area (Å²) in [6, 6.07) is 7.61. The summed E-state index contributed by atoms with van der Waals surface area (Å²) in [6.45, 7) is 2.61. The number of Topliss-reactive ketones (excluding diaryl/α,β-unsaturated/α-hetero) is 1. The minimum absolute atomic E-state index is 0.155. The topological polar surface area (TPSA) is 72.5 Å². The lowest BCUT2D eigenvalue weighted by Gasteiger charge is -2.19. The van der Waals surface area contributed by atoms with Gasteiger partial charge in [-0.05, 0) is 54.7 Å². The molecule has 1 aliphatic rings. The molecule has 8 heteroatoms. The SMILES string of the molecule is CCCOc1c(OC)cc(C2CCC(c3cc(OC)c(OC)c(OC)c3)C2=O)cc1SOC. The first-order valence-electron chi connectivity index (χ1n) is 10.9. The fraction of sp³-hybridized carbons (Fsp3) is 0.480. The first-order chi connectivity index (χ1) is 16.0. The number of carbonyl (C=O) groups excluding carboxylic acids is 1. The summed E-state index contributed by atoms with van der Waals surface area (Å²) in [5, 5.41) is 0. The maximum Gasteiger partial charge on any atom is 0.203 e. The van der Waals surface area contributed by atoms with E-state index < -0.39 is 0 Å². The van der Waals surface area contributed by atoms with Crippen LogP contribution in [-0.4, -0.2) is 47.9 Å². The van der Waals surface area contributed by atoms with Gasteiger partial charge in [-0.3, -0.25) is 4.79 Å². The Bertz CT molecular complexity index is 950. The van der Waals surface area contributed by atoms with Gasteiger partial charge in [-0.15, -0.1) is 0 Å². The lowest BCUT2D eigenvalue weighted by molar-refractivity contribution is -0.119. The fourth-order valence-electron chi connectivity index (χ4n) is 4.27. The standard InChI is InChI=1S/C25H32O7S/c1-7-10-32-25-21(29-4)13-16(14-22(25)33-31-6)18-9-8-17(23(18)26)15-11-19(27-2)24(30-5)20(12-15)28-3/h11-14,17-18H,7-10H2,1-6H3. The molecule has 1 aliphatic carbocycles. The predicted octanol–water partition coefficient (Wildman–Crippen LogP) is 5.39. The normalized spacial score (nSPS) is 17.7. The molecule has 0 radical (unpaired) electrons. The Morgan fingerprint density at radius 1 is 0.788 bits per heavy atom. The zero-order chi connectivity index (χ0) is 24.0. The van der Waals surface area contributed by atoms with Gasteiger partial charge in [0.2, 0.25) is 5.75 Å². The second-order valence-electron chi connectivity index (χ2n) is 7.69. The van der Waals surface area contributed by atoms with E-state index in [2.05, 4.69) is 0 Å². The van der Waals surface area contributed by atoms with Crippen LogP contribution in [0.5, 0.6) is 28.7 Å². The van der Waals surface area contributed by atoms with Crippen molar-refractivity contribution >= 4 is 17.8 Å². The monoisotopic (exact) mass is 476 g/mol. The summed E-state index contributed by atoms with van der Waals surface area (Å²) in [5.41, 5.74) is 1.76. The first kappa shape index (κ1) is 25.1. The third-order valence-corrected chi connectivity index (χ3v) is 6.46. The molecule has 0 heterocycles. The number of hydrogen-bond acceptors (Lipinski definition) is 8. The molecule has 0 aromatic heterocycles. The summed E-state index contributed by atoms with van der Waals surface area (Å²) in [4.78, 5) is 14.4. The molecule has 0 bridgehead atoms. The van der Waals surface area contributed by atoms with Crippen molar-refractivity contribution < 1.29 is 32.7 Å². The van der Waals surface area contributed by atoms with Crippen LogP contribution < -0.4 is 23.7 Å². The average molecular weight is 477 g/mol. The molecule has 0 saturated heterocycles. The maximum absolute atomic E-state index is 13.6. The van der Waals surface area contributed by atoms with Gasteiger partial charge >= 0.3 is 0 Å². The van der Waals surface area contributed by atoms with E-state index in [9.17, 15) is 4.79 Å². The van der Waals surface area contributed by atoms with Gasteiger partial charge in [0.15, 0.2) is 23.0 Å². The summed E-state index contributed by atoms with van der Waals surface area (Å²) < 4.78 is 33.2. The summed E-state index contributed by atoms with van der Waals surface area (Å²) >= 11 is 1.20. The lowest BCUT2D eigenvalue weighted by atomic mass is 9.91. The summed E-state index contributed by atoms with van der Waals surface area (Å²) in [5.74, 6) is 2.48. The van der Waals surface area contributed by atoms with E-state index in [-0.39, 0.29) is 17.6 Å². The second kappa shape index (κ2) is 11.5. The molecule has 3 rings (SSSR count). The van der Waals surface area contributed by atoms with Crippen molar-refractivity contribution in [1.29, 1.82) is 0 Å². The smallest absolute Gasteiger partial charge is 0.203 e. The van der Waals surface area contributed by atoms with Crippen molar-refractivity contribution in [2.75, 3.05) is 42.2 Å². The van der Waals surface area contributed by atoms with Crippen LogP contribution in [0.1, 0.15) is 49.1 Å². The highest BCUT2D eigenvalue weighted by Gasteiger charge is 2.38. The molecule has 33 heavy (non-hydrogen) atoms. The largest absolute Gasteiger partial charge is 0.493 e. The zero-order valence-electron chi connectivity index (χ0n) is 20.1. The molecule has 2 aromatic carbocycles. The molecule has 0 spiro atoms. The molecule has 2 unspecified atom stereocenters. The van der Waals surface area contributed by atoms with Gasteiger partial charge in [0, 0.05) is 23.9 Å². The van der Waals surface area contributed by atoms with E-state index in [0.717, 1.165) is 35.3 Å². The van der Waals surface area contributed by atoms with Gasteiger partial charge in [0.25, 0.3) is 0 Å². The highest BCUT2D eigenvalue weighted by Crippen LogP contribution is 2.48. The van der Waals surface area contributed by atoms with E-state index in [4.69, 9.17) is 27.9 Å². The molecule has 7 nitrogen and oxygen atoms in total. The van der Waals surface area contributed by atoms with Crippen LogP contribution >= 0.6 is 12.0 Å². The van der Waals surface area contributed by atoms with Crippen molar-refractivity contribution in [1.82, 2.24) is 0 Å². The molecule has 1 fully saturated rings. The maximum atomic E-state index is 13.6. The number of benzene rings is 2. The lowest BCUT2D eigenvalue weighted by Crippen LogP contribution is -2.13. The highest BCUT2D eigenvalue weighted by atomic mass is 32.2. The third kappa shape index (κ3) is 5.17. The number of hydrogen-bond donors (Lipinski definition) is 0. The number of ketones is 1. The van der Waals surface area contributed by atoms with Gasteiger partial charge < -0.3 is 27.9 Å². The van der Waals surface area contributed by atoms with Crippen molar-refractivity contribution in [3.05, 3.63) is 35.4 Å². The molecule has 0 amide bonds. The van der Waals surface area contributed by atoms with Gasteiger partial charge in [0.1, 0.15) is 5.78 Å². The van der Waals surface area contributed by atoms with Gasteiger partial charge in [-0.25, -0.2) is 0 Å². The summed E-state index contributed by atoms with van der Waals surface area (Å²) in [7, 11) is 7.92. The van der Waals surface area contributed by atoms with Gasteiger partial charge in [0.05, 0.1) is 47.1 Å². The molecule has 2 atom stereocenters. The van der Waals surface area contributed by atoms with E-state index in [0.29, 0.717) is 35.4 Å². The van der Waals surface area contributed by atoms with Crippen LogP contribution in [0, 0.1) is 0 Å². The van der Waals surface area contributed by atoms with E-state index >= 15 is 0 Å². The Balaban J connectivity index is 1.96. The minimum Gasteiger partial charge on any atom is -0.493 e. The molecule has 2 aromatic rings. The highest BCUT2D eigenvalue weighted by molar-refractivity contribution is 7.94. The van der Waals surface area contributed by atoms with Crippen molar-refractivity contribution in [2.24, 2.45) is 0 Å². The van der Waals surface area contributed by atoms with Crippen LogP contribution in [0.15, 0.2) is 29.2 Å². The van der Waals surface area contributed by atoms with Gasteiger partial charge in [-0.2, -0.15) is 0 Å². The third-order valence-electron chi connectivity index (χ3n) is 5.81. The van der Waals surface area contributed by atoms with Crippen LogP contribution in [0.3, 0.4) is 0 Å². The Morgan fingerprint density at radius 3 is 1.76 bits per heavy atom. The molecule has 180 valence electrons. The predicted molar refractivity (Wildman–Crippen MR) is 127 cm³/mol. The number of methoxy groups -OCH3 is 4. The van der Waals surface area contributed by atoms with Crippen molar-refractivity contribution in [2.45, 2.75) is 42.9 Å². The minimum atomic E-state index is -0.260. The Kier molecular flexibility index (Phi) is 8.74. The second-order valence-corrected chi connectivity index (χ2v) is 8.63. The van der Waals surface area contributed by atoms with E-state index in [1.807, 2.05) is 31.2 Å². The quantitative estimate of drug-likeness (QED) is 0.400. The summed E-state index contributed by atoms with van der Waals surface area (Å²) in [6.07, 6.45) is 2.33. The first-order valence-corrected chi connectivity index (χ1v) is 11.7. The fourth-order valence-corrected chi connectivity index (χ4v) is 4.87. The Labute approximate surface area is 199 Å². The van der Waals surface area contributed by atoms with Crippen molar-refractivity contribution in [3.63, 3.8) is 0 Å². The van der Waals surface area contributed by atoms with Crippen LogP contribution in [0.25, 0.3) is 0 Å². The van der Waals surface area contributed by atoms with Crippen LogP contribution in [-0.2, 0) is 8.98 Å². The van der Waals surface area contributed by atoms with E-state index in [1.165, 1.54) is 12.0 Å². The van der Waals surface area contributed by atoms with Crippen molar-refractivity contribution in [3.8, 4) is 28.7 Å². The Hall–Kier alpha value is -2.58.